The van der Waals surface area contributed by atoms with E-state index in [0.717, 1.165) is 17.0 Å². The normalized spacial score (nSPS) is 11.4. The highest BCUT2D eigenvalue weighted by Gasteiger charge is 2.08. The lowest BCUT2D eigenvalue weighted by Crippen LogP contribution is -2.12. The molecule has 19 heavy (non-hydrogen) atoms. The van der Waals surface area contributed by atoms with E-state index in [1.165, 1.54) is 11.3 Å². The minimum atomic E-state index is -0.150. The van der Waals surface area contributed by atoms with Crippen LogP contribution in [0.1, 0.15) is 24.4 Å². The fourth-order valence-electron chi connectivity index (χ4n) is 1.51. The van der Waals surface area contributed by atoms with Crippen molar-refractivity contribution in [2.24, 2.45) is 0 Å². The third kappa shape index (κ3) is 3.72. The molecule has 0 aliphatic heterocycles. The first kappa shape index (κ1) is 13.4. The Morgan fingerprint density at radius 3 is 2.68 bits per heavy atom. The lowest BCUT2D eigenvalue weighted by Gasteiger charge is -2.01. The Morgan fingerprint density at radius 1 is 1.32 bits per heavy atom. The van der Waals surface area contributed by atoms with Gasteiger partial charge in [0, 0.05) is 5.57 Å². The van der Waals surface area contributed by atoms with Crippen LogP contribution >= 0.6 is 11.3 Å². The predicted octanol–water partition coefficient (Wildman–Crippen LogP) is 3.14. The van der Waals surface area contributed by atoms with Crippen molar-refractivity contribution in [3.63, 3.8) is 0 Å². The maximum absolute atomic E-state index is 12.0. The topological polar surface area (TPSA) is 54.9 Å². The molecule has 0 radical (unpaired) electrons. The van der Waals surface area contributed by atoms with E-state index >= 15 is 0 Å². The first-order chi connectivity index (χ1) is 9.19. The smallest absolute Gasteiger partial charge is 0.253 e. The average Bonchev–Trinajstić information content (AvgIpc) is 2.87. The molecule has 0 spiro atoms. The Kier molecular flexibility index (Phi) is 4.41. The summed E-state index contributed by atoms with van der Waals surface area (Å²) in [6.07, 6.45) is 2.67. The zero-order valence-electron chi connectivity index (χ0n) is 10.9. The third-order valence-electron chi connectivity index (χ3n) is 2.53. The third-order valence-corrected chi connectivity index (χ3v) is 3.51. The lowest BCUT2D eigenvalue weighted by atomic mass is 10.1. The zero-order chi connectivity index (χ0) is 13.7. The van der Waals surface area contributed by atoms with Crippen molar-refractivity contribution >= 4 is 28.5 Å². The Balaban J connectivity index is 2.05. The summed E-state index contributed by atoms with van der Waals surface area (Å²) in [5.41, 5.74) is 1.64. The maximum atomic E-state index is 12.0. The number of carbonyl (C=O) groups is 1. The van der Waals surface area contributed by atoms with Gasteiger partial charge in [-0.3, -0.25) is 10.1 Å². The molecule has 98 valence electrons. The van der Waals surface area contributed by atoms with Crippen LogP contribution in [-0.2, 0) is 11.2 Å². The highest BCUT2D eigenvalue weighted by Crippen LogP contribution is 2.16. The second kappa shape index (κ2) is 6.24. The monoisotopic (exact) mass is 273 g/mol. The highest BCUT2D eigenvalue weighted by atomic mass is 32.1. The van der Waals surface area contributed by atoms with Gasteiger partial charge in [0.1, 0.15) is 5.01 Å². The van der Waals surface area contributed by atoms with Gasteiger partial charge in [-0.1, -0.05) is 48.6 Å². The van der Waals surface area contributed by atoms with Gasteiger partial charge >= 0.3 is 0 Å². The van der Waals surface area contributed by atoms with E-state index in [-0.39, 0.29) is 5.91 Å². The van der Waals surface area contributed by atoms with Gasteiger partial charge in [0.05, 0.1) is 0 Å². The van der Waals surface area contributed by atoms with Gasteiger partial charge in [0.25, 0.3) is 5.91 Å². The first-order valence-electron chi connectivity index (χ1n) is 6.06. The molecule has 0 saturated carbocycles. The quantitative estimate of drug-likeness (QED) is 0.871. The molecule has 5 heteroatoms. The van der Waals surface area contributed by atoms with Gasteiger partial charge in [0.2, 0.25) is 5.13 Å². The van der Waals surface area contributed by atoms with Crippen molar-refractivity contribution in [3.8, 4) is 0 Å². The highest BCUT2D eigenvalue weighted by molar-refractivity contribution is 7.15. The van der Waals surface area contributed by atoms with Crippen LogP contribution in [0.15, 0.2) is 35.9 Å². The molecule has 0 atom stereocenters. The number of aryl methyl sites for hydroxylation is 1. The molecule has 2 rings (SSSR count). The van der Waals surface area contributed by atoms with Crippen LogP contribution in [0.2, 0.25) is 0 Å². The fraction of sp³-hybridized carbons (Fsp3) is 0.214. The van der Waals surface area contributed by atoms with Gasteiger partial charge in [-0.25, -0.2) is 0 Å². The van der Waals surface area contributed by atoms with Crippen LogP contribution in [0.25, 0.3) is 6.08 Å². The average molecular weight is 273 g/mol. The van der Waals surface area contributed by atoms with E-state index in [1.54, 1.807) is 6.92 Å². The number of benzene rings is 1. The number of anilines is 1. The largest absolute Gasteiger partial charge is 0.297 e. The van der Waals surface area contributed by atoms with E-state index in [4.69, 9.17) is 0 Å². The van der Waals surface area contributed by atoms with Gasteiger partial charge in [-0.05, 0) is 25.0 Å². The van der Waals surface area contributed by atoms with Gasteiger partial charge in [-0.2, -0.15) is 0 Å². The van der Waals surface area contributed by atoms with E-state index in [0.29, 0.717) is 10.7 Å². The number of aromatic nitrogens is 2. The number of rotatable bonds is 4. The molecule has 0 unspecified atom stereocenters. The minimum Gasteiger partial charge on any atom is -0.297 e. The summed E-state index contributed by atoms with van der Waals surface area (Å²) in [4.78, 5) is 12.0. The SMILES string of the molecule is CCc1nnc(NC(=O)/C(C)=C/c2ccccc2)s1. The molecule has 1 aromatic carbocycles. The van der Waals surface area contributed by atoms with E-state index in [1.807, 2.05) is 43.3 Å². The summed E-state index contributed by atoms with van der Waals surface area (Å²) < 4.78 is 0. The minimum absolute atomic E-state index is 0.150. The zero-order valence-corrected chi connectivity index (χ0v) is 11.7. The van der Waals surface area contributed by atoms with Crippen molar-refractivity contribution in [2.45, 2.75) is 20.3 Å². The number of hydrogen-bond acceptors (Lipinski definition) is 4. The molecule has 0 saturated heterocycles. The van der Waals surface area contributed by atoms with Crippen molar-refractivity contribution in [3.05, 3.63) is 46.5 Å². The fourth-order valence-corrected chi connectivity index (χ4v) is 2.18. The Morgan fingerprint density at radius 2 is 2.05 bits per heavy atom. The second-order valence-corrected chi connectivity index (χ2v) is 5.11. The summed E-state index contributed by atoms with van der Waals surface area (Å²) in [5, 5.41) is 12.1. The van der Waals surface area contributed by atoms with Crippen LogP contribution in [0.4, 0.5) is 5.13 Å². The molecular formula is C14H15N3OS. The summed E-state index contributed by atoms with van der Waals surface area (Å²) in [6, 6.07) is 9.73. The van der Waals surface area contributed by atoms with E-state index < -0.39 is 0 Å². The van der Waals surface area contributed by atoms with Crippen molar-refractivity contribution < 1.29 is 4.79 Å². The predicted molar refractivity (Wildman–Crippen MR) is 78.0 cm³/mol. The van der Waals surface area contributed by atoms with Crippen LogP contribution in [0, 0.1) is 0 Å². The molecule has 0 aliphatic rings. The molecule has 1 amide bonds. The summed E-state index contributed by atoms with van der Waals surface area (Å²) in [7, 11) is 0. The van der Waals surface area contributed by atoms with Crippen LogP contribution in [-0.4, -0.2) is 16.1 Å². The van der Waals surface area contributed by atoms with Crippen molar-refractivity contribution in [1.29, 1.82) is 0 Å². The maximum Gasteiger partial charge on any atom is 0.253 e. The van der Waals surface area contributed by atoms with Gasteiger partial charge < -0.3 is 0 Å². The molecule has 1 aromatic heterocycles. The standard InChI is InChI=1S/C14H15N3OS/c1-3-12-16-17-14(19-12)15-13(18)10(2)9-11-7-5-4-6-8-11/h4-9H,3H2,1-2H3,(H,15,17,18)/b10-9+. The van der Waals surface area contributed by atoms with Crippen LogP contribution in [0.5, 0.6) is 0 Å². The Hall–Kier alpha value is -2.01. The number of nitrogens with one attached hydrogen (secondary N) is 1. The first-order valence-corrected chi connectivity index (χ1v) is 6.87. The molecule has 0 bridgehead atoms. The summed E-state index contributed by atoms with van der Waals surface area (Å²) >= 11 is 1.40. The molecular weight excluding hydrogens is 258 g/mol. The molecule has 0 fully saturated rings. The molecule has 0 aliphatic carbocycles. The lowest BCUT2D eigenvalue weighted by molar-refractivity contribution is -0.112. The molecule has 4 nitrogen and oxygen atoms in total. The number of hydrogen-bond donors (Lipinski definition) is 1. The van der Waals surface area contributed by atoms with Crippen molar-refractivity contribution in [2.75, 3.05) is 5.32 Å². The van der Waals surface area contributed by atoms with Gasteiger partial charge in [0.15, 0.2) is 0 Å². The summed E-state index contributed by atoms with van der Waals surface area (Å²) in [5.74, 6) is -0.150. The molecule has 1 heterocycles. The number of amides is 1. The number of carbonyl (C=O) groups excluding carboxylic acids is 1. The number of nitrogens with zero attached hydrogens (tertiary/aromatic N) is 2. The summed E-state index contributed by atoms with van der Waals surface area (Å²) in [6.45, 7) is 3.79. The van der Waals surface area contributed by atoms with Crippen LogP contribution < -0.4 is 5.32 Å². The Labute approximate surface area is 116 Å². The Bertz CT molecular complexity index is 590. The van der Waals surface area contributed by atoms with E-state index in [9.17, 15) is 4.79 Å². The van der Waals surface area contributed by atoms with Crippen molar-refractivity contribution in [1.82, 2.24) is 10.2 Å². The van der Waals surface area contributed by atoms with Gasteiger partial charge in [-0.15, -0.1) is 10.2 Å². The van der Waals surface area contributed by atoms with Crippen LogP contribution in [0.3, 0.4) is 0 Å². The van der Waals surface area contributed by atoms with E-state index in [2.05, 4.69) is 15.5 Å². The molecule has 2 aromatic rings. The molecule has 1 N–H and O–H groups in total. The second-order valence-electron chi connectivity index (χ2n) is 4.05.